The lowest BCUT2D eigenvalue weighted by Crippen LogP contribution is -2.47. The number of nitrogens with zero attached hydrogens (tertiary/aromatic N) is 2. The van der Waals surface area contributed by atoms with Crippen LogP contribution in [0.1, 0.15) is 35.8 Å². The van der Waals surface area contributed by atoms with Crippen molar-refractivity contribution in [3.05, 3.63) is 59.8 Å². The highest BCUT2D eigenvalue weighted by molar-refractivity contribution is 5.98. The third-order valence-electron chi connectivity index (χ3n) is 4.38. The molecule has 5 nitrogen and oxygen atoms in total. The van der Waals surface area contributed by atoms with Gasteiger partial charge in [-0.05, 0) is 23.6 Å². The Balaban J connectivity index is 1.78. The molecule has 0 radical (unpaired) electrons. The van der Waals surface area contributed by atoms with E-state index in [0.29, 0.717) is 18.0 Å². The molecule has 25 heavy (non-hydrogen) atoms. The Morgan fingerprint density at radius 1 is 1.28 bits per heavy atom. The van der Waals surface area contributed by atoms with Crippen LogP contribution in [0.4, 0.5) is 5.82 Å². The minimum Gasteiger partial charge on any atom is -0.353 e. The maximum absolute atomic E-state index is 12.6. The fraction of sp³-hybridized carbons (Fsp3) is 0.400. The smallest absolute Gasteiger partial charge is 0.255 e. The molecule has 2 heterocycles. The van der Waals surface area contributed by atoms with Crippen LogP contribution in [0.3, 0.4) is 0 Å². The first-order chi connectivity index (χ1) is 12.1. The van der Waals surface area contributed by atoms with Crippen LogP contribution in [0, 0.1) is 5.92 Å². The molecular formula is C20H26N4O. The summed E-state index contributed by atoms with van der Waals surface area (Å²) in [4.78, 5) is 19.3. The van der Waals surface area contributed by atoms with Crippen molar-refractivity contribution in [3.63, 3.8) is 0 Å². The zero-order valence-electron chi connectivity index (χ0n) is 14.9. The second-order valence-corrected chi connectivity index (χ2v) is 6.84. The van der Waals surface area contributed by atoms with E-state index in [2.05, 4.69) is 58.6 Å². The maximum atomic E-state index is 12.6. The lowest BCUT2D eigenvalue weighted by Gasteiger charge is -2.35. The maximum Gasteiger partial charge on any atom is 0.255 e. The number of carbonyl (C=O) groups excluding carboxylic acids is 1. The molecule has 1 amide bonds. The van der Waals surface area contributed by atoms with Crippen LogP contribution >= 0.6 is 0 Å². The molecule has 1 aliphatic rings. The first kappa shape index (κ1) is 17.4. The molecule has 0 saturated carbocycles. The van der Waals surface area contributed by atoms with Gasteiger partial charge in [0.25, 0.3) is 5.91 Å². The van der Waals surface area contributed by atoms with Crippen molar-refractivity contribution >= 4 is 11.7 Å². The van der Waals surface area contributed by atoms with Crippen molar-refractivity contribution in [2.45, 2.75) is 19.9 Å². The Bertz CT molecular complexity index is 702. The Morgan fingerprint density at radius 3 is 2.84 bits per heavy atom. The van der Waals surface area contributed by atoms with Crippen molar-refractivity contribution in [1.29, 1.82) is 0 Å². The summed E-state index contributed by atoms with van der Waals surface area (Å²) in [5.74, 6) is 1.14. The number of nitrogens with one attached hydrogen (secondary N) is 2. The van der Waals surface area contributed by atoms with Gasteiger partial charge in [0.2, 0.25) is 0 Å². The van der Waals surface area contributed by atoms with Crippen LogP contribution in [0.25, 0.3) is 0 Å². The third-order valence-corrected chi connectivity index (χ3v) is 4.38. The van der Waals surface area contributed by atoms with Gasteiger partial charge >= 0.3 is 0 Å². The molecule has 1 aromatic carbocycles. The predicted octanol–water partition coefficient (Wildman–Crippen LogP) is 2.62. The summed E-state index contributed by atoms with van der Waals surface area (Å²) in [6.45, 7) is 7.34. The Morgan fingerprint density at radius 2 is 2.08 bits per heavy atom. The molecule has 2 aromatic rings. The zero-order valence-corrected chi connectivity index (χ0v) is 14.9. The number of aromatic nitrogens is 1. The molecule has 1 atom stereocenters. The minimum atomic E-state index is -0.0495. The highest BCUT2D eigenvalue weighted by Crippen LogP contribution is 2.23. The second kappa shape index (κ2) is 8.12. The first-order valence-electron chi connectivity index (χ1n) is 8.91. The standard InChI is InChI=1S/C20H26N4O/c1-15(2)13-23-20(25)17-9-6-10-22-19(17)24-12-11-21-18(14-24)16-7-4-3-5-8-16/h3-10,15,18,21H,11-14H2,1-2H3,(H,23,25)/t18-/m0/s1. The summed E-state index contributed by atoms with van der Waals surface area (Å²) in [7, 11) is 0. The molecule has 3 rings (SSSR count). The molecule has 2 N–H and O–H groups in total. The van der Waals surface area contributed by atoms with E-state index in [0.717, 1.165) is 25.5 Å². The highest BCUT2D eigenvalue weighted by atomic mass is 16.1. The van der Waals surface area contributed by atoms with E-state index in [9.17, 15) is 4.79 Å². The molecule has 0 aliphatic carbocycles. The van der Waals surface area contributed by atoms with Gasteiger partial charge in [-0.2, -0.15) is 0 Å². The summed E-state index contributed by atoms with van der Waals surface area (Å²) < 4.78 is 0. The summed E-state index contributed by atoms with van der Waals surface area (Å²) >= 11 is 0. The zero-order chi connectivity index (χ0) is 17.6. The van der Waals surface area contributed by atoms with Crippen LogP contribution in [0.15, 0.2) is 48.7 Å². The van der Waals surface area contributed by atoms with Gasteiger partial charge in [0, 0.05) is 38.4 Å². The van der Waals surface area contributed by atoms with E-state index in [4.69, 9.17) is 0 Å². The summed E-state index contributed by atoms with van der Waals surface area (Å²) in [6, 6.07) is 14.3. The number of pyridine rings is 1. The predicted molar refractivity (Wildman–Crippen MR) is 101 cm³/mol. The fourth-order valence-electron chi connectivity index (χ4n) is 3.07. The van der Waals surface area contributed by atoms with Gasteiger partial charge < -0.3 is 15.5 Å². The van der Waals surface area contributed by atoms with Crippen molar-refractivity contribution in [1.82, 2.24) is 15.6 Å². The number of amides is 1. The number of hydrogen-bond acceptors (Lipinski definition) is 4. The largest absolute Gasteiger partial charge is 0.353 e. The lowest BCUT2D eigenvalue weighted by atomic mass is 10.0. The highest BCUT2D eigenvalue weighted by Gasteiger charge is 2.25. The molecule has 5 heteroatoms. The van der Waals surface area contributed by atoms with Crippen molar-refractivity contribution in [2.24, 2.45) is 5.92 Å². The van der Waals surface area contributed by atoms with Crippen LogP contribution in [0.2, 0.25) is 0 Å². The topological polar surface area (TPSA) is 57.3 Å². The molecular weight excluding hydrogens is 312 g/mol. The SMILES string of the molecule is CC(C)CNC(=O)c1cccnc1N1CCN[C@H](c2ccccc2)C1. The molecule has 132 valence electrons. The fourth-order valence-corrected chi connectivity index (χ4v) is 3.07. The molecule has 0 spiro atoms. The van der Waals surface area contributed by atoms with E-state index in [1.165, 1.54) is 5.56 Å². The van der Waals surface area contributed by atoms with Gasteiger partial charge in [0.15, 0.2) is 0 Å². The number of carbonyl (C=O) groups is 1. The van der Waals surface area contributed by atoms with E-state index in [1.54, 1.807) is 6.20 Å². The van der Waals surface area contributed by atoms with Crippen molar-refractivity contribution < 1.29 is 4.79 Å². The third kappa shape index (κ3) is 4.37. The van der Waals surface area contributed by atoms with Gasteiger partial charge in [-0.25, -0.2) is 4.98 Å². The lowest BCUT2D eigenvalue weighted by molar-refractivity contribution is 0.0949. The van der Waals surface area contributed by atoms with Gasteiger partial charge in [-0.1, -0.05) is 44.2 Å². The Labute approximate surface area is 149 Å². The molecule has 1 aromatic heterocycles. The molecule has 1 fully saturated rings. The van der Waals surface area contributed by atoms with Gasteiger partial charge in [-0.15, -0.1) is 0 Å². The number of benzene rings is 1. The first-order valence-corrected chi connectivity index (χ1v) is 8.91. The molecule has 0 bridgehead atoms. The summed E-state index contributed by atoms with van der Waals surface area (Å²) in [5.41, 5.74) is 1.91. The molecule has 1 saturated heterocycles. The normalized spacial score (nSPS) is 17.6. The van der Waals surface area contributed by atoms with Crippen molar-refractivity contribution in [2.75, 3.05) is 31.1 Å². The molecule has 0 unspecified atom stereocenters. The minimum absolute atomic E-state index is 0.0495. The van der Waals surface area contributed by atoms with E-state index >= 15 is 0 Å². The van der Waals surface area contributed by atoms with Crippen LogP contribution in [0.5, 0.6) is 0 Å². The van der Waals surface area contributed by atoms with Crippen molar-refractivity contribution in [3.8, 4) is 0 Å². The summed E-state index contributed by atoms with van der Waals surface area (Å²) in [6.07, 6.45) is 1.76. The number of rotatable bonds is 5. The van der Waals surface area contributed by atoms with E-state index in [1.807, 2.05) is 18.2 Å². The second-order valence-electron chi connectivity index (χ2n) is 6.84. The van der Waals surface area contributed by atoms with Crippen LogP contribution in [-0.2, 0) is 0 Å². The number of hydrogen-bond donors (Lipinski definition) is 2. The number of anilines is 1. The Kier molecular flexibility index (Phi) is 5.66. The average molecular weight is 338 g/mol. The number of piperazine rings is 1. The van der Waals surface area contributed by atoms with Gasteiger partial charge in [0.05, 0.1) is 5.56 Å². The van der Waals surface area contributed by atoms with Gasteiger partial charge in [0.1, 0.15) is 5.82 Å². The molecule has 1 aliphatic heterocycles. The van der Waals surface area contributed by atoms with Crippen LogP contribution < -0.4 is 15.5 Å². The van der Waals surface area contributed by atoms with E-state index in [-0.39, 0.29) is 11.9 Å². The van der Waals surface area contributed by atoms with Crippen LogP contribution in [-0.4, -0.2) is 37.1 Å². The van der Waals surface area contributed by atoms with Gasteiger partial charge in [-0.3, -0.25) is 4.79 Å². The monoisotopic (exact) mass is 338 g/mol. The average Bonchev–Trinajstić information content (AvgIpc) is 2.67. The van der Waals surface area contributed by atoms with E-state index < -0.39 is 0 Å². The summed E-state index contributed by atoms with van der Waals surface area (Å²) in [5, 5.41) is 6.55. The quantitative estimate of drug-likeness (QED) is 0.880. The Hall–Kier alpha value is -2.40.